The Morgan fingerprint density at radius 1 is 1.07 bits per heavy atom. The molecule has 1 aliphatic heterocycles. The Hall–Kier alpha value is -2.69. The van der Waals surface area contributed by atoms with Crippen molar-refractivity contribution in [2.45, 2.75) is 45.8 Å². The van der Waals surface area contributed by atoms with Crippen molar-refractivity contribution in [1.29, 1.82) is 0 Å². The molecule has 140 valence electrons. The maximum Gasteiger partial charge on any atom is 0.313 e. The summed E-state index contributed by atoms with van der Waals surface area (Å²) in [5, 5.41) is 0. The first-order chi connectivity index (χ1) is 12.8. The third kappa shape index (κ3) is 2.34. The zero-order valence-corrected chi connectivity index (χ0v) is 15.9. The van der Waals surface area contributed by atoms with Gasteiger partial charge in [0, 0.05) is 11.6 Å². The number of pyridine rings is 1. The number of esters is 1. The van der Waals surface area contributed by atoms with Crippen molar-refractivity contribution in [3.63, 3.8) is 0 Å². The lowest BCUT2D eigenvalue weighted by atomic mass is 9.66. The molecular weight excluding hydrogens is 340 g/mol. The number of carbonyl (C=O) groups is 2. The summed E-state index contributed by atoms with van der Waals surface area (Å²) < 4.78 is 5.81. The normalized spacial score (nSPS) is 28.0. The highest BCUT2D eigenvalue weighted by molar-refractivity contribution is 6.04. The van der Waals surface area contributed by atoms with Crippen molar-refractivity contribution in [2.75, 3.05) is 4.90 Å². The highest BCUT2D eigenvalue weighted by atomic mass is 16.6. The Morgan fingerprint density at radius 2 is 1.78 bits per heavy atom. The summed E-state index contributed by atoms with van der Waals surface area (Å²) in [5.41, 5.74) is -1.37. The number of ether oxygens (including phenoxy) is 1. The Morgan fingerprint density at radius 3 is 2.33 bits per heavy atom. The summed E-state index contributed by atoms with van der Waals surface area (Å²) in [7, 11) is 0. The van der Waals surface area contributed by atoms with Gasteiger partial charge < -0.3 is 4.74 Å². The van der Waals surface area contributed by atoms with Gasteiger partial charge in [0.25, 0.3) is 5.91 Å². The molecule has 4 rings (SSSR count). The molecule has 1 aromatic carbocycles. The fourth-order valence-corrected chi connectivity index (χ4v) is 4.48. The van der Waals surface area contributed by atoms with Gasteiger partial charge in [-0.25, -0.2) is 4.98 Å². The van der Waals surface area contributed by atoms with E-state index in [-0.39, 0.29) is 11.9 Å². The molecule has 2 heterocycles. The Labute approximate surface area is 159 Å². The fraction of sp³-hybridized carbons (Fsp3) is 0.409. The molecule has 1 aliphatic carbocycles. The van der Waals surface area contributed by atoms with Crippen LogP contribution in [-0.2, 0) is 20.9 Å². The second kappa shape index (κ2) is 5.91. The minimum absolute atomic E-state index is 0.190. The van der Waals surface area contributed by atoms with Crippen molar-refractivity contribution >= 4 is 17.7 Å². The highest BCUT2D eigenvalue weighted by Crippen LogP contribution is 2.66. The predicted molar refractivity (Wildman–Crippen MR) is 102 cm³/mol. The van der Waals surface area contributed by atoms with E-state index in [4.69, 9.17) is 4.74 Å². The minimum Gasteiger partial charge on any atom is -0.448 e. The molecule has 2 fully saturated rings. The molecule has 1 amide bonds. The van der Waals surface area contributed by atoms with E-state index in [1.807, 2.05) is 69.3 Å². The number of fused-ring (bicyclic) bond motifs is 2. The lowest BCUT2D eigenvalue weighted by molar-refractivity contribution is -0.167. The van der Waals surface area contributed by atoms with E-state index in [0.717, 1.165) is 5.56 Å². The summed E-state index contributed by atoms with van der Waals surface area (Å²) in [6.07, 6.45) is 2.87. The van der Waals surface area contributed by atoms with Crippen LogP contribution in [0.3, 0.4) is 0 Å². The maximum atomic E-state index is 13.8. The van der Waals surface area contributed by atoms with Gasteiger partial charge in [-0.1, -0.05) is 50.2 Å². The van der Waals surface area contributed by atoms with Crippen LogP contribution in [0.5, 0.6) is 0 Å². The number of nitrogens with zero attached hydrogens (tertiary/aromatic N) is 2. The van der Waals surface area contributed by atoms with Gasteiger partial charge in [-0.2, -0.15) is 0 Å². The molecule has 0 N–H and O–H groups in total. The van der Waals surface area contributed by atoms with Crippen LogP contribution in [0.25, 0.3) is 0 Å². The van der Waals surface area contributed by atoms with Gasteiger partial charge in [0.05, 0.1) is 12.0 Å². The number of amides is 1. The van der Waals surface area contributed by atoms with Crippen molar-refractivity contribution in [3.8, 4) is 0 Å². The summed E-state index contributed by atoms with van der Waals surface area (Å²) in [6.45, 7) is 6.24. The van der Waals surface area contributed by atoms with Gasteiger partial charge in [0.1, 0.15) is 5.82 Å². The quantitative estimate of drug-likeness (QED) is 0.776. The molecule has 2 bridgehead atoms. The molecule has 5 heteroatoms. The zero-order chi connectivity index (χ0) is 19.3. The van der Waals surface area contributed by atoms with Crippen LogP contribution in [0.1, 0.15) is 39.2 Å². The van der Waals surface area contributed by atoms with Gasteiger partial charge in [-0.05, 0) is 37.5 Å². The van der Waals surface area contributed by atoms with Crippen LogP contribution >= 0.6 is 0 Å². The molecule has 0 radical (unpaired) electrons. The summed E-state index contributed by atoms with van der Waals surface area (Å²) in [5.74, 6) is 0.102. The molecule has 0 spiro atoms. The SMILES string of the molecule is CC1(C)[C@@]2(C(=O)N(Cc3ccccc3)c3ccccn3)CC[C@]1(C)C(=O)O2. The van der Waals surface area contributed by atoms with E-state index in [2.05, 4.69) is 4.98 Å². The van der Waals surface area contributed by atoms with Crippen molar-refractivity contribution in [1.82, 2.24) is 4.98 Å². The minimum atomic E-state index is -1.15. The molecule has 5 nitrogen and oxygen atoms in total. The molecule has 2 aromatic rings. The van der Waals surface area contributed by atoms with E-state index in [1.54, 1.807) is 11.1 Å². The Kier molecular flexibility index (Phi) is 3.88. The third-order valence-corrected chi connectivity index (χ3v) is 6.78. The number of hydrogen-bond donors (Lipinski definition) is 0. The van der Waals surface area contributed by atoms with E-state index >= 15 is 0 Å². The lowest BCUT2D eigenvalue weighted by Gasteiger charge is -2.38. The van der Waals surface area contributed by atoms with Crippen molar-refractivity contribution in [3.05, 3.63) is 60.3 Å². The van der Waals surface area contributed by atoms with Gasteiger partial charge in [-0.3, -0.25) is 14.5 Å². The number of rotatable bonds is 4. The second-order valence-electron chi connectivity index (χ2n) is 8.24. The Bertz CT molecular complexity index is 881. The first-order valence-corrected chi connectivity index (χ1v) is 9.32. The van der Waals surface area contributed by atoms with Crippen LogP contribution in [0, 0.1) is 10.8 Å². The maximum absolute atomic E-state index is 13.8. The second-order valence-corrected chi connectivity index (χ2v) is 8.24. The molecule has 1 saturated carbocycles. The smallest absolute Gasteiger partial charge is 0.313 e. The molecule has 2 atom stereocenters. The molecule has 0 unspecified atom stereocenters. The van der Waals surface area contributed by atoms with Crippen molar-refractivity contribution in [2.24, 2.45) is 10.8 Å². The van der Waals surface area contributed by atoms with Crippen LogP contribution in [0.15, 0.2) is 54.7 Å². The molecule has 1 saturated heterocycles. The van der Waals surface area contributed by atoms with E-state index in [1.165, 1.54) is 0 Å². The van der Waals surface area contributed by atoms with Crippen LogP contribution < -0.4 is 4.90 Å². The summed E-state index contributed by atoms with van der Waals surface area (Å²) >= 11 is 0. The number of hydrogen-bond acceptors (Lipinski definition) is 4. The van der Waals surface area contributed by atoms with E-state index in [9.17, 15) is 9.59 Å². The van der Waals surface area contributed by atoms with Gasteiger partial charge in [0.2, 0.25) is 0 Å². The molecule has 27 heavy (non-hydrogen) atoms. The molecule has 2 aliphatic rings. The average Bonchev–Trinajstić information content (AvgIpc) is 2.97. The van der Waals surface area contributed by atoms with Gasteiger partial charge in [0.15, 0.2) is 5.60 Å². The predicted octanol–water partition coefficient (Wildman–Crippen LogP) is 3.74. The van der Waals surface area contributed by atoms with E-state index < -0.39 is 16.4 Å². The van der Waals surface area contributed by atoms with Crippen LogP contribution in [-0.4, -0.2) is 22.5 Å². The lowest BCUT2D eigenvalue weighted by Crippen LogP contribution is -2.55. The molecule has 1 aromatic heterocycles. The standard InChI is InChI=1S/C22H24N2O3/c1-20(2)21(3)12-13-22(20,27-19(21)26)18(25)24(17-11-7-8-14-23-17)15-16-9-5-4-6-10-16/h4-11,14H,12-13,15H2,1-3H3/t21-,22+/m1/s1. The fourth-order valence-electron chi connectivity index (χ4n) is 4.48. The van der Waals surface area contributed by atoms with Gasteiger partial charge in [-0.15, -0.1) is 0 Å². The summed E-state index contributed by atoms with van der Waals surface area (Å²) in [6, 6.07) is 15.3. The van der Waals surface area contributed by atoms with E-state index in [0.29, 0.717) is 25.2 Å². The number of benzene rings is 1. The first kappa shape index (κ1) is 17.7. The molecular formula is C22H24N2O3. The van der Waals surface area contributed by atoms with Crippen LogP contribution in [0.4, 0.5) is 5.82 Å². The Balaban J connectivity index is 1.77. The van der Waals surface area contributed by atoms with Crippen LogP contribution in [0.2, 0.25) is 0 Å². The zero-order valence-electron chi connectivity index (χ0n) is 15.9. The monoisotopic (exact) mass is 364 g/mol. The number of anilines is 1. The summed E-state index contributed by atoms with van der Waals surface area (Å²) in [4.78, 5) is 32.5. The van der Waals surface area contributed by atoms with Gasteiger partial charge >= 0.3 is 5.97 Å². The highest BCUT2D eigenvalue weighted by Gasteiger charge is 2.76. The number of carbonyl (C=O) groups excluding carboxylic acids is 2. The first-order valence-electron chi connectivity index (χ1n) is 9.32. The third-order valence-electron chi connectivity index (χ3n) is 6.78. The topological polar surface area (TPSA) is 59.5 Å². The number of aromatic nitrogens is 1. The largest absolute Gasteiger partial charge is 0.448 e. The average molecular weight is 364 g/mol. The van der Waals surface area contributed by atoms with Crippen molar-refractivity contribution < 1.29 is 14.3 Å².